The van der Waals surface area contributed by atoms with Crippen molar-refractivity contribution in [2.45, 2.75) is 32.7 Å². The highest BCUT2D eigenvalue weighted by atomic mass is 16.7. The highest BCUT2D eigenvalue weighted by molar-refractivity contribution is 6.00. The summed E-state index contributed by atoms with van der Waals surface area (Å²) in [6.07, 6.45) is 3.09. The molecule has 0 bridgehead atoms. The highest BCUT2D eigenvalue weighted by Gasteiger charge is 2.39. The fourth-order valence-corrected chi connectivity index (χ4v) is 4.12. The van der Waals surface area contributed by atoms with Crippen molar-refractivity contribution in [3.05, 3.63) is 53.4 Å². The molecule has 1 aromatic heterocycles. The van der Waals surface area contributed by atoms with Gasteiger partial charge in [-0.3, -0.25) is 4.79 Å². The van der Waals surface area contributed by atoms with Crippen molar-refractivity contribution in [1.82, 2.24) is 4.98 Å². The number of pyridine rings is 1. The fourth-order valence-electron chi connectivity index (χ4n) is 4.12. The third-order valence-electron chi connectivity index (χ3n) is 5.31. The van der Waals surface area contributed by atoms with Crippen LogP contribution >= 0.6 is 0 Å². The molecular weight excluding hydrogens is 342 g/mol. The smallest absolute Gasteiger partial charge is 0.231 e. The Bertz CT molecular complexity index is 980. The van der Waals surface area contributed by atoms with Crippen LogP contribution in [0.4, 0.5) is 11.5 Å². The Morgan fingerprint density at radius 3 is 2.89 bits per heavy atom. The monoisotopic (exact) mass is 363 g/mol. The molecule has 0 amide bonds. The summed E-state index contributed by atoms with van der Waals surface area (Å²) in [6.45, 7) is 4.49. The number of Topliss-reactive ketones (excluding diaryl/α,β-unsaturated/α-hetero) is 1. The second kappa shape index (κ2) is 5.74. The van der Waals surface area contributed by atoms with Crippen molar-refractivity contribution < 1.29 is 14.3 Å². The van der Waals surface area contributed by atoms with Crippen LogP contribution in [0, 0.1) is 5.41 Å². The predicted octanol–water partition coefficient (Wildman–Crippen LogP) is 4.03. The molecule has 27 heavy (non-hydrogen) atoms. The molecule has 1 atom stereocenters. The number of hydrogen-bond acceptors (Lipinski definition) is 6. The van der Waals surface area contributed by atoms with E-state index in [2.05, 4.69) is 29.5 Å². The van der Waals surface area contributed by atoms with Gasteiger partial charge in [-0.2, -0.15) is 0 Å². The number of ketones is 1. The number of fused-ring (bicyclic) bond motifs is 2. The quantitative estimate of drug-likeness (QED) is 0.797. The Labute approximate surface area is 157 Å². The summed E-state index contributed by atoms with van der Waals surface area (Å²) in [4.78, 5) is 17.6. The first kappa shape index (κ1) is 16.2. The molecule has 3 heterocycles. The summed E-state index contributed by atoms with van der Waals surface area (Å²) in [5.74, 6) is 2.34. The van der Waals surface area contributed by atoms with Crippen LogP contribution in [-0.2, 0) is 4.79 Å². The number of carbonyl (C=O) groups is 1. The average molecular weight is 363 g/mol. The molecule has 138 valence electrons. The third-order valence-corrected chi connectivity index (χ3v) is 5.31. The molecule has 3 aliphatic rings. The van der Waals surface area contributed by atoms with Crippen molar-refractivity contribution in [2.24, 2.45) is 5.41 Å². The number of ether oxygens (including phenoxy) is 2. The van der Waals surface area contributed by atoms with Gasteiger partial charge in [0.25, 0.3) is 0 Å². The van der Waals surface area contributed by atoms with E-state index < -0.39 is 0 Å². The number of nitrogens with one attached hydrogen (secondary N) is 2. The van der Waals surface area contributed by atoms with Gasteiger partial charge in [0.2, 0.25) is 6.79 Å². The third kappa shape index (κ3) is 2.72. The molecule has 6 nitrogen and oxygen atoms in total. The number of aromatic nitrogens is 1. The van der Waals surface area contributed by atoms with Gasteiger partial charge in [-0.15, -0.1) is 0 Å². The minimum absolute atomic E-state index is 0.0743. The Hall–Kier alpha value is -3.02. The molecule has 2 N–H and O–H groups in total. The maximum Gasteiger partial charge on any atom is 0.231 e. The Balaban J connectivity index is 1.67. The number of nitrogens with zero attached hydrogens (tertiary/aromatic N) is 1. The van der Waals surface area contributed by atoms with Gasteiger partial charge >= 0.3 is 0 Å². The van der Waals surface area contributed by atoms with Crippen LogP contribution < -0.4 is 20.1 Å². The maximum absolute atomic E-state index is 13.2. The molecule has 2 aromatic rings. The zero-order chi connectivity index (χ0) is 18.6. The number of hydrogen-bond donors (Lipinski definition) is 2. The van der Waals surface area contributed by atoms with Gasteiger partial charge in [-0.25, -0.2) is 4.98 Å². The second-order valence-electron chi connectivity index (χ2n) is 8.05. The zero-order valence-electron chi connectivity index (χ0n) is 15.3. The number of benzene rings is 1. The minimum atomic E-state index is -0.290. The van der Waals surface area contributed by atoms with Gasteiger partial charge in [0.05, 0.1) is 11.7 Å². The van der Waals surface area contributed by atoms with Gasteiger partial charge in [-0.05, 0) is 41.7 Å². The average Bonchev–Trinajstić information content (AvgIpc) is 3.01. The number of anilines is 2. The molecule has 0 fully saturated rings. The SMILES string of the molecule is CC1(C)CC(=O)C2=C(C1)Nc1cccnc1NC2c1ccc2c(c1)OCO2. The fraction of sp³-hybridized carbons (Fsp3) is 0.333. The van der Waals surface area contributed by atoms with E-state index in [9.17, 15) is 4.79 Å². The molecule has 1 unspecified atom stereocenters. The standard InChI is InChI=1S/C21H21N3O3/c1-21(2)9-14-18(15(25)10-21)19(24-20-13(23-14)4-3-7-22-20)12-5-6-16-17(8-12)27-11-26-16/h3-8,19,23H,9-11H2,1-2H3,(H,22,24). The van der Waals surface area contributed by atoms with Gasteiger partial charge in [0, 0.05) is 23.9 Å². The summed E-state index contributed by atoms with van der Waals surface area (Å²) in [7, 11) is 0. The van der Waals surface area contributed by atoms with E-state index in [1.807, 2.05) is 30.3 Å². The van der Waals surface area contributed by atoms with E-state index in [1.54, 1.807) is 6.20 Å². The molecule has 6 heteroatoms. The predicted molar refractivity (Wildman–Crippen MR) is 102 cm³/mol. The number of carbonyl (C=O) groups excluding carboxylic acids is 1. The normalized spacial score (nSPS) is 22.3. The summed E-state index contributed by atoms with van der Waals surface area (Å²) in [5, 5.41) is 6.95. The molecular formula is C21H21N3O3. The summed E-state index contributed by atoms with van der Waals surface area (Å²) in [5.41, 5.74) is 3.53. The lowest BCUT2D eigenvalue weighted by Gasteiger charge is -2.34. The minimum Gasteiger partial charge on any atom is -0.454 e. The van der Waals surface area contributed by atoms with E-state index >= 15 is 0 Å². The Kier molecular flexibility index (Phi) is 3.44. The van der Waals surface area contributed by atoms with Crippen LogP contribution in [0.15, 0.2) is 47.8 Å². The summed E-state index contributed by atoms with van der Waals surface area (Å²) in [6, 6.07) is 9.41. The molecule has 2 aliphatic heterocycles. The van der Waals surface area contributed by atoms with E-state index in [4.69, 9.17) is 9.47 Å². The second-order valence-corrected chi connectivity index (χ2v) is 8.05. The van der Waals surface area contributed by atoms with Crippen molar-refractivity contribution >= 4 is 17.3 Å². The first-order chi connectivity index (χ1) is 13.0. The Morgan fingerprint density at radius 2 is 2.00 bits per heavy atom. The number of allylic oxidation sites excluding steroid dienone is 1. The van der Waals surface area contributed by atoms with Crippen molar-refractivity contribution in [1.29, 1.82) is 0 Å². The van der Waals surface area contributed by atoms with Crippen LogP contribution in [0.5, 0.6) is 11.5 Å². The lowest BCUT2D eigenvalue weighted by Crippen LogP contribution is -2.31. The van der Waals surface area contributed by atoms with Crippen LogP contribution in [0.25, 0.3) is 0 Å². The summed E-state index contributed by atoms with van der Waals surface area (Å²) < 4.78 is 11.0. The largest absolute Gasteiger partial charge is 0.454 e. The molecule has 0 saturated heterocycles. The van der Waals surface area contributed by atoms with Crippen LogP contribution in [0.3, 0.4) is 0 Å². The van der Waals surface area contributed by atoms with Crippen LogP contribution in [-0.4, -0.2) is 17.6 Å². The first-order valence-electron chi connectivity index (χ1n) is 9.15. The van der Waals surface area contributed by atoms with Crippen molar-refractivity contribution in [2.75, 3.05) is 17.4 Å². The summed E-state index contributed by atoms with van der Waals surface area (Å²) >= 11 is 0. The van der Waals surface area contributed by atoms with Crippen molar-refractivity contribution in [3.63, 3.8) is 0 Å². The molecule has 0 spiro atoms. The zero-order valence-corrected chi connectivity index (χ0v) is 15.3. The highest BCUT2D eigenvalue weighted by Crippen LogP contribution is 2.46. The first-order valence-corrected chi connectivity index (χ1v) is 9.15. The lowest BCUT2D eigenvalue weighted by atomic mass is 9.73. The topological polar surface area (TPSA) is 72.5 Å². The van der Waals surface area contributed by atoms with Gasteiger partial charge in [-0.1, -0.05) is 19.9 Å². The molecule has 0 radical (unpaired) electrons. The van der Waals surface area contributed by atoms with Crippen molar-refractivity contribution in [3.8, 4) is 11.5 Å². The van der Waals surface area contributed by atoms with Gasteiger partial charge in [0.1, 0.15) is 5.82 Å². The van der Waals surface area contributed by atoms with E-state index in [1.165, 1.54) is 0 Å². The van der Waals surface area contributed by atoms with Crippen LogP contribution in [0.2, 0.25) is 0 Å². The molecule has 1 aromatic carbocycles. The van der Waals surface area contributed by atoms with Gasteiger partial charge in [0.15, 0.2) is 17.3 Å². The molecule has 0 saturated carbocycles. The molecule has 1 aliphatic carbocycles. The molecule has 5 rings (SSSR count). The van der Waals surface area contributed by atoms with E-state index in [0.717, 1.165) is 40.5 Å². The van der Waals surface area contributed by atoms with Crippen LogP contribution in [0.1, 0.15) is 38.3 Å². The Morgan fingerprint density at radius 1 is 1.15 bits per heavy atom. The maximum atomic E-state index is 13.2. The van der Waals surface area contributed by atoms with Gasteiger partial charge < -0.3 is 20.1 Å². The number of rotatable bonds is 1. The van der Waals surface area contributed by atoms with E-state index in [-0.39, 0.29) is 24.0 Å². The lowest BCUT2D eigenvalue weighted by molar-refractivity contribution is -0.118. The van der Waals surface area contributed by atoms with E-state index in [0.29, 0.717) is 12.2 Å².